The van der Waals surface area contributed by atoms with E-state index in [4.69, 9.17) is 5.11 Å². The van der Waals surface area contributed by atoms with E-state index in [1.54, 1.807) is 12.1 Å². The molecule has 18 heavy (non-hydrogen) atoms. The number of aromatic carboxylic acids is 1. The lowest BCUT2D eigenvalue weighted by molar-refractivity contribution is 0.0697. The predicted molar refractivity (Wildman–Crippen MR) is 71.7 cm³/mol. The number of benzene rings is 1. The van der Waals surface area contributed by atoms with E-state index >= 15 is 0 Å². The van der Waals surface area contributed by atoms with Crippen molar-refractivity contribution in [1.82, 2.24) is 5.32 Å². The van der Waals surface area contributed by atoms with Crippen molar-refractivity contribution >= 4 is 5.97 Å². The quantitative estimate of drug-likeness (QED) is 0.784. The van der Waals surface area contributed by atoms with E-state index in [9.17, 15) is 4.79 Å². The van der Waals surface area contributed by atoms with E-state index in [1.807, 2.05) is 12.1 Å². The van der Waals surface area contributed by atoms with Gasteiger partial charge in [-0.05, 0) is 43.4 Å². The zero-order valence-electron chi connectivity index (χ0n) is 10.5. The van der Waals surface area contributed by atoms with E-state index in [0.717, 1.165) is 18.7 Å². The monoisotopic (exact) mass is 245 g/mol. The summed E-state index contributed by atoms with van der Waals surface area (Å²) >= 11 is 0. The van der Waals surface area contributed by atoms with Gasteiger partial charge in [0.2, 0.25) is 0 Å². The smallest absolute Gasteiger partial charge is 0.335 e. The Bertz CT molecular complexity index is 434. The lowest BCUT2D eigenvalue weighted by Crippen LogP contribution is -2.17. The minimum absolute atomic E-state index is 0.341. The molecule has 0 spiro atoms. The van der Waals surface area contributed by atoms with Gasteiger partial charge in [0.1, 0.15) is 0 Å². The third-order valence-electron chi connectivity index (χ3n) is 3.27. The fraction of sp³-hybridized carbons (Fsp3) is 0.400. The number of carboxylic acids is 1. The molecule has 1 aromatic rings. The fourth-order valence-electron chi connectivity index (χ4n) is 2.20. The SMILES string of the molecule is O=C(O)c1ccc(CNCC2=CCCCC2)cc1. The van der Waals surface area contributed by atoms with Gasteiger partial charge in [-0.2, -0.15) is 0 Å². The summed E-state index contributed by atoms with van der Waals surface area (Å²) in [6.45, 7) is 1.73. The summed E-state index contributed by atoms with van der Waals surface area (Å²) in [5.74, 6) is -0.873. The molecule has 1 aliphatic carbocycles. The Morgan fingerprint density at radius 2 is 1.94 bits per heavy atom. The Balaban J connectivity index is 1.79. The van der Waals surface area contributed by atoms with Gasteiger partial charge in [0, 0.05) is 13.1 Å². The van der Waals surface area contributed by atoms with Crippen LogP contribution in [0.25, 0.3) is 0 Å². The second kappa shape index (κ2) is 6.36. The minimum Gasteiger partial charge on any atom is -0.478 e. The molecule has 0 amide bonds. The average Bonchev–Trinajstić information content (AvgIpc) is 2.40. The van der Waals surface area contributed by atoms with Crippen LogP contribution in [0.2, 0.25) is 0 Å². The van der Waals surface area contributed by atoms with Gasteiger partial charge in [-0.25, -0.2) is 4.79 Å². The van der Waals surface area contributed by atoms with Crippen LogP contribution in [-0.4, -0.2) is 17.6 Å². The summed E-state index contributed by atoms with van der Waals surface area (Å²) in [6.07, 6.45) is 7.39. The average molecular weight is 245 g/mol. The van der Waals surface area contributed by atoms with Crippen LogP contribution in [0, 0.1) is 0 Å². The molecule has 1 aliphatic rings. The standard InChI is InChI=1S/C15H19NO2/c17-15(18)14-8-6-13(7-9-14)11-16-10-12-4-2-1-3-5-12/h4,6-9,16H,1-3,5,10-11H2,(H,17,18). The van der Waals surface area contributed by atoms with E-state index in [1.165, 1.54) is 31.3 Å². The summed E-state index contributed by atoms with van der Waals surface area (Å²) in [5.41, 5.74) is 2.97. The first-order valence-electron chi connectivity index (χ1n) is 6.46. The maximum absolute atomic E-state index is 10.7. The molecule has 2 rings (SSSR count). The van der Waals surface area contributed by atoms with Crippen molar-refractivity contribution in [1.29, 1.82) is 0 Å². The topological polar surface area (TPSA) is 49.3 Å². The number of carbonyl (C=O) groups is 1. The van der Waals surface area contributed by atoms with Crippen LogP contribution in [0.5, 0.6) is 0 Å². The number of allylic oxidation sites excluding steroid dienone is 1. The Morgan fingerprint density at radius 1 is 1.17 bits per heavy atom. The minimum atomic E-state index is -0.873. The Hall–Kier alpha value is -1.61. The van der Waals surface area contributed by atoms with Crippen molar-refractivity contribution < 1.29 is 9.90 Å². The van der Waals surface area contributed by atoms with E-state index in [2.05, 4.69) is 11.4 Å². The Morgan fingerprint density at radius 3 is 2.56 bits per heavy atom. The molecule has 2 N–H and O–H groups in total. The zero-order valence-corrected chi connectivity index (χ0v) is 10.5. The number of hydrogen-bond acceptors (Lipinski definition) is 2. The van der Waals surface area contributed by atoms with Gasteiger partial charge in [-0.15, -0.1) is 0 Å². The van der Waals surface area contributed by atoms with Crippen molar-refractivity contribution in [2.24, 2.45) is 0 Å². The Labute approximate surface area is 108 Å². The molecule has 0 saturated heterocycles. The van der Waals surface area contributed by atoms with E-state index < -0.39 is 5.97 Å². The molecule has 0 saturated carbocycles. The molecule has 1 aromatic carbocycles. The first kappa shape index (κ1) is 12.8. The van der Waals surface area contributed by atoms with Crippen molar-refractivity contribution in [2.45, 2.75) is 32.2 Å². The zero-order chi connectivity index (χ0) is 12.8. The van der Waals surface area contributed by atoms with Gasteiger partial charge in [0.25, 0.3) is 0 Å². The number of nitrogens with one attached hydrogen (secondary N) is 1. The van der Waals surface area contributed by atoms with Crippen LogP contribution < -0.4 is 5.32 Å². The van der Waals surface area contributed by atoms with Crippen LogP contribution in [-0.2, 0) is 6.54 Å². The molecule has 0 atom stereocenters. The Kier molecular flexibility index (Phi) is 4.53. The third-order valence-corrected chi connectivity index (χ3v) is 3.27. The van der Waals surface area contributed by atoms with Crippen molar-refractivity contribution in [3.05, 3.63) is 47.0 Å². The second-order valence-electron chi connectivity index (χ2n) is 4.71. The first-order valence-corrected chi connectivity index (χ1v) is 6.46. The molecular formula is C15H19NO2. The predicted octanol–water partition coefficient (Wildman–Crippen LogP) is 2.97. The highest BCUT2D eigenvalue weighted by molar-refractivity contribution is 5.87. The largest absolute Gasteiger partial charge is 0.478 e. The maximum Gasteiger partial charge on any atom is 0.335 e. The van der Waals surface area contributed by atoms with Crippen molar-refractivity contribution in [3.63, 3.8) is 0 Å². The van der Waals surface area contributed by atoms with Gasteiger partial charge >= 0.3 is 5.97 Å². The van der Waals surface area contributed by atoms with Crippen LogP contribution in [0.1, 0.15) is 41.6 Å². The second-order valence-corrected chi connectivity index (χ2v) is 4.71. The molecule has 0 radical (unpaired) electrons. The maximum atomic E-state index is 10.7. The van der Waals surface area contributed by atoms with Gasteiger partial charge in [0.05, 0.1) is 5.56 Å². The summed E-state index contributed by atoms with van der Waals surface area (Å²) < 4.78 is 0. The summed E-state index contributed by atoms with van der Waals surface area (Å²) in [5, 5.41) is 12.2. The summed E-state index contributed by atoms with van der Waals surface area (Å²) in [6, 6.07) is 7.04. The van der Waals surface area contributed by atoms with Crippen LogP contribution in [0.15, 0.2) is 35.9 Å². The lowest BCUT2D eigenvalue weighted by atomic mass is 10.00. The van der Waals surface area contributed by atoms with Crippen molar-refractivity contribution in [2.75, 3.05) is 6.54 Å². The first-order chi connectivity index (χ1) is 8.75. The van der Waals surface area contributed by atoms with E-state index in [-0.39, 0.29) is 0 Å². The molecule has 3 nitrogen and oxygen atoms in total. The van der Waals surface area contributed by atoms with Gasteiger partial charge < -0.3 is 10.4 Å². The van der Waals surface area contributed by atoms with Gasteiger partial charge in [-0.1, -0.05) is 23.8 Å². The van der Waals surface area contributed by atoms with Crippen LogP contribution in [0.3, 0.4) is 0 Å². The van der Waals surface area contributed by atoms with Crippen LogP contribution in [0.4, 0.5) is 0 Å². The van der Waals surface area contributed by atoms with Gasteiger partial charge in [-0.3, -0.25) is 0 Å². The number of carboxylic acid groups (broad SMARTS) is 1. The molecule has 0 heterocycles. The van der Waals surface area contributed by atoms with Crippen molar-refractivity contribution in [3.8, 4) is 0 Å². The molecule has 0 fully saturated rings. The molecule has 96 valence electrons. The number of rotatable bonds is 5. The molecule has 0 aliphatic heterocycles. The molecular weight excluding hydrogens is 226 g/mol. The summed E-state index contributed by atoms with van der Waals surface area (Å²) in [7, 11) is 0. The highest BCUT2D eigenvalue weighted by Crippen LogP contribution is 2.16. The molecule has 0 unspecified atom stereocenters. The van der Waals surface area contributed by atoms with Crippen LogP contribution >= 0.6 is 0 Å². The highest BCUT2D eigenvalue weighted by atomic mass is 16.4. The molecule has 0 bridgehead atoms. The van der Waals surface area contributed by atoms with Gasteiger partial charge in [0.15, 0.2) is 0 Å². The highest BCUT2D eigenvalue weighted by Gasteiger charge is 2.04. The molecule has 0 aromatic heterocycles. The van der Waals surface area contributed by atoms with E-state index in [0.29, 0.717) is 5.56 Å². The normalized spacial score (nSPS) is 15.2. The third kappa shape index (κ3) is 3.70. The lowest BCUT2D eigenvalue weighted by Gasteiger charge is -2.13. The number of hydrogen-bond donors (Lipinski definition) is 2. The fourth-order valence-corrected chi connectivity index (χ4v) is 2.20. The molecule has 3 heteroatoms. The summed E-state index contributed by atoms with van der Waals surface area (Å²) in [4.78, 5) is 10.7.